The molecule has 5 nitrogen and oxygen atoms in total. The van der Waals surface area contributed by atoms with Crippen LogP contribution < -0.4 is 16.6 Å². The Balaban J connectivity index is 2.09. The lowest BCUT2D eigenvalue weighted by Gasteiger charge is -2.13. The third-order valence-corrected chi connectivity index (χ3v) is 3.54. The number of anilines is 2. The molecular formula is C16H23N5. The highest BCUT2D eigenvalue weighted by Gasteiger charge is 2.08. The van der Waals surface area contributed by atoms with Crippen molar-refractivity contribution in [2.24, 2.45) is 5.84 Å². The van der Waals surface area contributed by atoms with Gasteiger partial charge in [0.05, 0.1) is 0 Å². The van der Waals surface area contributed by atoms with Crippen molar-refractivity contribution < 1.29 is 0 Å². The fraction of sp³-hybridized carbons (Fsp3) is 0.375. The van der Waals surface area contributed by atoms with Crippen LogP contribution in [-0.4, -0.2) is 9.97 Å². The van der Waals surface area contributed by atoms with E-state index in [2.05, 4.69) is 65.7 Å². The highest BCUT2D eigenvalue weighted by molar-refractivity contribution is 5.56. The summed E-state index contributed by atoms with van der Waals surface area (Å²) in [6, 6.07) is 8.65. The van der Waals surface area contributed by atoms with E-state index in [0.717, 1.165) is 24.3 Å². The summed E-state index contributed by atoms with van der Waals surface area (Å²) in [5, 5.41) is 3.36. The van der Waals surface area contributed by atoms with Crippen LogP contribution in [0.5, 0.6) is 0 Å². The lowest BCUT2D eigenvalue weighted by molar-refractivity contribution is 0.865. The Morgan fingerprint density at radius 2 is 1.76 bits per heavy atom. The molecule has 2 aromatic rings. The quantitative estimate of drug-likeness (QED) is 0.562. The van der Waals surface area contributed by atoms with Crippen LogP contribution in [0.1, 0.15) is 43.4 Å². The molecule has 0 spiro atoms. The summed E-state index contributed by atoms with van der Waals surface area (Å²) in [7, 11) is 0. The molecule has 1 heterocycles. The second-order valence-corrected chi connectivity index (χ2v) is 5.30. The number of nitrogens with one attached hydrogen (secondary N) is 2. The second kappa shape index (κ2) is 7.04. The molecule has 0 aliphatic carbocycles. The van der Waals surface area contributed by atoms with Gasteiger partial charge < -0.3 is 10.7 Å². The molecule has 0 bridgehead atoms. The van der Waals surface area contributed by atoms with Crippen LogP contribution >= 0.6 is 0 Å². The van der Waals surface area contributed by atoms with Crippen LogP contribution in [0.15, 0.2) is 30.6 Å². The summed E-state index contributed by atoms with van der Waals surface area (Å²) in [4.78, 5) is 8.43. The number of hydrogen-bond donors (Lipinski definition) is 3. The molecule has 21 heavy (non-hydrogen) atoms. The van der Waals surface area contributed by atoms with E-state index in [9.17, 15) is 0 Å². The molecule has 5 heteroatoms. The number of aromatic nitrogens is 2. The first-order valence-corrected chi connectivity index (χ1v) is 7.28. The van der Waals surface area contributed by atoms with Gasteiger partial charge in [0, 0.05) is 12.1 Å². The lowest BCUT2D eigenvalue weighted by Crippen LogP contribution is -2.14. The van der Waals surface area contributed by atoms with E-state index in [-0.39, 0.29) is 0 Å². The van der Waals surface area contributed by atoms with Gasteiger partial charge in [0.25, 0.3) is 0 Å². The minimum atomic E-state index is 0.554. The molecule has 0 aliphatic heterocycles. The molecule has 0 saturated heterocycles. The maximum absolute atomic E-state index is 5.48. The fourth-order valence-electron chi connectivity index (χ4n) is 2.23. The standard InChI is InChI=1S/C16H23N5/c1-4-14-15(19-10-20-16(14)21-17)18-9-12-5-7-13(8-6-12)11(2)3/h5-8,10-11H,4,9,17H2,1-3H3,(H2,18,19,20,21). The van der Waals surface area contributed by atoms with Gasteiger partial charge in [-0.3, -0.25) is 0 Å². The fourth-order valence-corrected chi connectivity index (χ4v) is 2.23. The second-order valence-electron chi connectivity index (χ2n) is 5.30. The number of nitrogens with two attached hydrogens (primary N) is 1. The van der Waals surface area contributed by atoms with Gasteiger partial charge in [0.2, 0.25) is 0 Å². The van der Waals surface area contributed by atoms with Gasteiger partial charge in [0.1, 0.15) is 18.0 Å². The molecule has 0 aliphatic rings. The average Bonchev–Trinajstić information content (AvgIpc) is 2.52. The average molecular weight is 285 g/mol. The Bertz CT molecular complexity index is 578. The van der Waals surface area contributed by atoms with E-state index in [1.54, 1.807) is 0 Å². The normalized spacial score (nSPS) is 10.7. The zero-order valence-electron chi connectivity index (χ0n) is 12.9. The highest BCUT2D eigenvalue weighted by atomic mass is 15.3. The van der Waals surface area contributed by atoms with Gasteiger partial charge in [-0.15, -0.1) is 0 Å². The van der Waals surface area contributed by atoms with Crippen LogP contribution in [0.25, 0.3) is 0 Å². The monoisotopic (exact) mass is 285 g/mol. The van der Waals surface area contributed by atoms with Gasteiger partial charge in [0.15, 0.2) is 0 Å². The summed E-state index contributed by atoms with van der Waals surface area (Å²) in [6.07, 6.45) is 2.33. The Hall–Kier alpha value is -2.14. The van der Waals surface area contributed by atoms with Crippen molar-refractivity contribution in [1.82, 2.24) is 9.97 Å². The maximum Gasteiger partial charge on any atom is 0.148 e. The molecule has 0 radical (unpaired) electrons. The van der Waals surface area contributed by atoms with E-state index in [0.29, 0.717) is 11.7 Å². The molecular weight excluding hydrogens is 262 g/mol. The highest BCUT2D eigenvalue weighted by Crippen LogP contribution is 2.20. The van der Waals surface area contributed by atoms with Gasteiger partial charge in [-0.1, -0.05) is 45.0 Å². The van der Waals surface area contributed by atoms with Crippen molar-refractivity contribution in [2.75, 3.05) is 10.7 Å². The van der Waals surface area contributed by atoms with Crippen molar-refractivity contribution in [3.8, 4) is 0 Å². The van der Waals surface area contributed by atoms with E-state index < -0.39 is 0 Å². The maximum atomic E-state index is 5.48. The van der Waals surface area contributed by atoms with E-state index >= 15 is 0 Å². The van der Waals surface area contributed by atoms with Crippen molar-refractivity contribution >= 4 is 11.6 Å². The number of hydrogen-bond acceptors (Lipinski definition) is 5. The van der Waals surface area contributed by atoms with E-state index in [1.807, 2.05) is 0 Å². The van der Waals surface area contributed by atoms with E-state index in [4.69, 9.17) is 5.84 Å². The predicted molar refractivity (Wildman–Crippen MR) is 87.1 cm³/mol. The number of rotatable bonds is 6. The molecule has 112 valence electrons. The molecule has 0 amide bonds. The molecule has 0 unspecified atom stereocenters. The molecule has 1 aromatic heterocycles. The Labute approximate surface area is 126 Å². The Kier molecular flexibility index (Phi) is 5.11. The summed E-state index contributed by atoms with van der Waals surface area (Å²) in [6.45, 7) is 7.18. The zero-order valence-corrected chi connectivity index (χ0v) is 12.9. The molecule has 2 rings (SSSR count). The Morgan fingerprint density at radius 3 is 2.33 bits per heavy atom. The van der Waals surface area contributed by atoms with Crippen LogP contribution in [0.4, 0.5) is 11.6 Å². The predicted octanol–water partition coefficient (Wildman–Crippen LogP) is 3.06. The summed E-state index contributed by atoms with van der Waals surface area (Å²) < 4.78 is 0. The first-order valence-electron chi connectivity index (χ1n) is 7.28. The minimum absolute atomic E-state index is 0.554. The first kappa shape index (κ1) is 15.3. The Morgan fingerprint density at radius 1 is 1.10 bits per heavy atom. The zero-order chi connectivity index (χ0) is 15.2. The van der Waals surface area contributed by atoms with Crippen molar-refractivity contribution in [1.29, 1.82) is 0 Å². The SMILES string of the molecule is CCc1c(NN)ncnc1NCc1ccc(C(C)C)cc1. The molecule has 4 N–H and O–H groups in total. The summed E-state index contributed by atoms with van der Waals surface area (Å²) >= 11 is 0. The van der Waals surface area contributed by atoms with Crippen molar-refractivity contribution in [3.05, 3.63) is 47.3 Å². The van der Waals surface area contributed by atoms with Crippen LogP contribution in [-0.2, 0) is 13.0 Å². The van der Waals surface area contributed by atoms with Crippen molar-refractivity contribution in [2.45, 2.75) is 39.7 Å². The largest absolute Gasteiger partial charge is 0.366 e. The van der Waals surface area contributed by atoms with Gasteiger partial charge in [-0.05, 0) is 23.5 Å². The third kappa shape index (κ3) is 3.70. The lowest BCUT2D eigenvalue weighted by atomic mass is 10.0. The van der Waals surface area contributed by atoms with Crippen molar-refractivity contribution in [3.63, 3.8) is 0 Å². The molecule has 0 fully saturated rings. The van der Waals surface area contributed by atoms with E-state index in [1.165, 1.54) is 17.5 Å². The van der Waals surface area contributed by atoms with Crippen LogP contribution in [0.3, 0.4) is 0 Å². The third-order valence-electron chi connectivity index (χ3n) is 3.54. The van der Waals surface area contributed by atoms with Gasteiger partial charge in [-0.2, -0.15) is 0 Å². The summed E-state index contributed by atoms with van der Waals surface area (Å²) in [5.41, 5.74) is 6.19. The number of nitrogen functional groups attached to an aromatic ring is 1. The summed E-state index contributed by atoms with van der Waals surface area (Å²) in [5.74, 6) is 7.53. The number of nitrogens with zero attached hydrogens (tertiary/aromatic N) is 2. The van der Waals surface area contributed by atoms with Crippen LogP contribution in [0.2, 0.25) is 0 Å². The smallest absolute Gasteiger partial charge is 0.148 e. The minimum Gasteiger partial charge on any atom is -0.366 e. The van der Waals surface area contributed by atoms with Gasteiger partial charge in [-0.25, -0.2) is 15.8 Å². The number of hydrazine groups is 1. The molecule has 1 aromatic carbocycles. The topological polar surface area (TPSA) is 75.9 Å². The van der Waals surface area contributed by atoms with Crippen LogP contribution in [0, 0.1) is 0 Å². The first-order chi connectivity index (χ1) is 10.2. The van der Waals surface area contributed by atoms with Gasteiger partial charge >= 0.3 is 0 Å². The molecule has 0 saturated carbocycles. The molecule has 0 atom stereocenters. The number of benzene rings is 1.